The number of carboxylic acids is 2. The van der Waals surface area contributed by atoms with Gasteiger partial charge in [-0.2, -0.15) is 0 Å². The Morgan fingerprint density at radius 3 is 1.54 bits per heavy atom. The molecule has 0 atom stereocenters. The second kappa shape index (κ2) is 26.9. The monoisotopic (exact) mass is 378 g/mol. The molecule has 0 aliphatic rings. The van der Waals surface area contributed by atoms with E-state index in [1.54, 1.807) is 0 Å². The number of aliphatic carboxylic acids is 2. The number of allylic oxidation sites excluding steroid dienone is 2. The summed E-state index contributed by atoms with van der Waals surface area (Å²) in [6.45, 7) is 3.80. The van der Waals surface area contributed by atoms with Crippen LogP contribution in [0.3, 0.4) is 0 Å². The normalized spacial score (nSPS) is 10.1. The van der Waals surface area contributed by atoms with Crippen molar-refractivity contribution >= 4 is 11.9 Å². The van der Waals surface area contributed by atoms with Gasteiger partial charge in [0, 0.05) is 12.4 Å². The average Bonchev–Trinajstić information content (AvgIpc) is 2.58. The summed E-state index contributed by atoms with van der Waals surface area (Å²) < 4.78 is 0. The maximum atomic E-state index is 10.3. The Labute approximate surface area is 183 Å². The molecule has 1 N–H and O–H groups in total. The van der Waals surface area contributed by atoms with Crippen LogP contribution < -0.4 is 34.7 Å². The van der Waals surface area contributed by atoms with E-state index in [1.165, 1.54) is 77.6 Å². The van der Waals surface area contributed by atoms with Gasteiger partial charge in [0.15, 0.2) is 0 Å². The van der Waals surface area contributed by atoms with Gasteiger partial charge in [-0.3, -0.25) is 4.79 Å². The summed E-state index contributed by atoms with van der Waals surface area (Å²) in [6, 6.07) is 0. The van der Waals surface area contributed by atoms with Crippen LogP contribution in [0.1, 0.15) is 110 Å². The quantitative estimate of drug-likeness (QED) is 0.254. The third-order valence-corrected chi connectivity index (χ3v) is 3.94. The molecule has 0 aromatic heterocycles. The Balaban J connectivity index is -0.000000772. The molecule has 148 valence electrons. The van der Waals surface area contributed by atoms with Crippen molar-refractivity contribution in [3.05, 3.63) is 12.2 Å². The van der Waals surface area contributed by atoms with Crippen molar-refractivity contribution in [1.29, 1.82) is 0 Å². The van der Waals surface area contributed by atoms with Gasteiger partial charge in [0.05, 0.1) is 0 Å². The van der Waals surface area contributed by atoms with Gasteiger partial charge in [-0.05, 0) is 38.5 Å². The van der Waals surface area contributed by atoms with Crippen molar-refractivity contribution in [3.63, 3.8) is 0 Å². The van der Waals surface area contributed by atoms with Gasteiger partial charge in [-0.25, -0.2) is 0 Å². The molecule has 26 heavy (non-hydrogen) atoms. The Morgan fingerprint density at radius 2 is 1.15 bits per heavy atom. The standard InChI is InChI=1S/C18H34O2.C3H6O2.Na/c1-2-3-4-5-6-7-8-9-10-11-12-13-14-15-16-17-18(19)20;1-2-3(4)5;/h9-10H,2-8,11-17H2,1H3,(H,19,20);2H2,1H3,(H,4,5);/q;;+1/p-1/b10-9-;;. The number of hydrogen-bond acceptors (Lipinski definition) is 3. The van der Waals surface area contributed by atoms with Gasteiger partial charge in [0.1, 0.15) is 0 Å². The van der Waals surface area contributed by atoms with E-state index in [2.05, 4.69) is 19.1 Å². The van der Waals surface area contributed by atoms with E-state index in [0.717, 1.165) is 12.8 Å². The molecule has 0 aliphatic heterocycles. The van der Waals surface area contributed by atoms with E-state index in [1.807, 2.05) is 0 Å². The molecular formula is C21H39NaO4. The fourth-order valence-corrected chi connectivity index (χ4v) is 2.35. The van der Waals surface area contributed by atoms with Crippen molar-refractivity contribution in [3.8, 4) is 0 Å². The first kappa shape index (κ1) is 30.4. The first-order valence-corrected chi connectivity index (χ1v) is 10.1. The number of carboxylic acid groups (broad SMARTS) is 2. The molecule has 0 heterocycles. The van der Waals surface area contributed by atoms with Crippen molar-refractivity contribution in [1.82, 2.24) is 0 Å². The van der Waals surface area contributed by atoms with Crippen LogP contribution in [-0.4, -0.2) is 17.0 Å². The van der Waals surface area contributed by atoms with Crippen LogP contribution in [0.4, 0.5) is 0 Å². The first-order valence-electron chi connectivity index (χ1n) is 10.1. The molecule has 0 bridgehead atoms. The Morgan fingerprint density at radius 1 is 0.769 bits per heavy atom. The predicted octanol–water partition coefficient (Wildman–Crippen LogP) is 2.26. The van der Waals surface area contributed by atoms with Crippen LogP contribution in [-0.2, 0) is 9.59 Å². The largest absolute Gasteiger partial charge is 1.00 e. The number of carbonyl (C=O) groups is 2. The minimum absolute atomic E-state index is 0. The summed E-state index contributed by atoms with van der Waals surface area (Å²) in [5.41, 5.74) is 0. The molecule has 0 unspecified atom stereocenters. The first-order chi connectivity index (χ1) is 12.0. The van der Waals surface area contributed by atoms with Crippen LogP contribution in [0.2, 0.25) is 0 Å². The van der Waals surface area contributed by atoms with Crippen LogP contribution in [0, 0.1) is 0 Å². The van der Waals surface area contributed by atoms with E-state index >= 15 is 0 Å². The maximum Gasteiger partial charge on any atom is 1.00 e. The van der Waals surface area contributed by atoms with Crippen molar-refractivity contribution in [2.24, 2.45) is 0 Å². The second-order valence-corrected chi connectivity index (χ2v) is 6.45. The summed E-state index contributed by atoms with van der Waals surface area (Å²) in [5.74, 6) is -1.66. The average molecular weight is 379 g/mol. The zero-order valence-electron chi connectivity index (χ0n) is 17.4. The molecule has 4 nitrogen and oxygen atoms in total. The third kappa shape index (κ3) is 34.9. The molecule has 0 spiro atoms. The zero-order valence-corrected chi connectivity index (χ0v) is 19.4. The van der Waals surface area contributed by atoms with Crippen molar-refractivity contribution in [2.45, 2.75) is 110 Å². The molecule has 0 aromatic carbocycles. The number of rotatable bonds is 16. The molecule has 5 heteroatoms. The van der Waals surface area contributed by atoms with Gasteiger partial charge in [-0.15, -0.1) is 0 Å². The summed E-state index contributed by atoms with van der Waals surface area (Å²) in [7, 11) is 0. The summed E-state index contributed by atoms with van der Waals surface area (Å²) in [6.07, 6.45) is 21.4. The smallest absolute Gasteiger partial charge is 0.550 e. The zero-order chi connectivity index (χ0) is 19.2. The Bertz CT molecular complexity index is 330. The predicted molar refractivity (Wildman–Crippen MR) is 102 cm³/mol. The number of hydrogen-bond donors (Lipinski definition) is 1. The molecule has 0 saturated carbocycles. The minimum atomic E-state index is -0.995. The van der Waals surface area contributed by atoms with Gasteiger partial charge in [0.2, 0.25) is 0 Å². The second-order valence-electron chi connectivity index (χ2n) is 6.45. The Kier molecular flexibility index (Phi) is 31.5. The topological polar surface area (TPSA) is 77.4 Å². The number of unbranched alkanes of at least 4 members (excludes halogenated alkanes) is 11. The van der Waals surface area contributed by atoms with Gasteiger partial charge in [-0.1, -0.05) is 77.4 Å². The van der Waals surface area contributed by atoms with Crippen molar-refractivity contribution < 1.29 is 49.4 Å². The molecule has 0 radical (unpaired) electrons. The fourth-order valence-electron chi connectivity index (χ4n) is 2.35. The molecule has 0 fully saturated rings. The summed E-state index contributed by atoms with van der Waals surface area (Å²) in [5, 5.41) is 17.8. The van der Waals surface area contributed by atoms with Gasteiger partial charge >= 0.3 is 35.5 Å². The molecule has 0 rings (SSSR count). The van der Waals surface area contributed by atoms with E-state index in [-0.39, 0.29) is 36.0 Å². The third-order valence-electron chi connectivity index (χ3n) is 3.94. The SMILES string of the molecule is CCC(=O)[O-].CCCCCCCC/C=C\CCCCCCCC(=O)O.[Na+]. The van der Waals surface area contributed by atoms with Crippen molar-refractivity contribution in [2.75, 3.05) is 0 Å². The Hall–Kier alpha value is -0.320. The van der Waals surface area contributed by atoms with Crippen LogP contribution in [0.25, 0.3) is 0 Å². The maximum absolute atomic E-state index is 10.3. The number of carbonyl (C=O) groups excluding carboxylic acids is 1. The van der Waals surface area contributed by atoms with E-state index in [0.29, 0.717) is 6.42 Å². The summed E-state index contributed by atoms with van der Waals surface area (Å²) >= 11 is 0. The van der Waals surface area contributed by atoms with Crippen LogP contribution in [0.5, 0.6) is 0 Å². The molecule has 0 saturated heterocycles. The fraction of sp³-hybridized carbons (Fsp3) is 0.810. The molecule has 0 amide bonds. The van der Waals surface area contributed by atoms with E-state index in [4.69, 9.17) is 5.11 Å². The van der Waals surface area contributed by atoms with Crippen LogP contribution in [0.15, 0.2) is 12.2 Å². The van der Waals surface area contributed by atoms with Crippen LogP contribution >= 0.6 is 0 Å². The molecule has 0 aliphatic carbocycles. The summed E-state index contributed by atoms with van der Waals surface area (Å²) in [4.78, 5) is 19.6. The molecule has 0 aromatic rings. The van der Waals surface area contributed by atoms with E-state index < -0.39 is 11.9 Å². The van der Waals surface area contributed by atoms with Gasteiger partial charge in [0.25, 0.3) is 0 Å². The van der Waals surface area contributed by atoms with Gasteiger partial charge < -0.3 is 15.0 Å². The minimum Gasteiger partial charge on any atom is -0.550 e. The molecular weight excluding hydrogens is 339 g/mol. The van der Waals surface area contributed by atoms with E-state index in [9.17, 15) is 14.7 Å².